The largest absolute Gasteiger partial charge is 0.368 e. The van der Waals surface area contributed by atoms with Crippen LogP contribution in [-0.2, 0) is 4.79 Å². The lowest BCUT2D eigenvalue weighted by Crippen LogP contribution is -2.57. The fraction of sp³-hybridized carbons (Fsp3) is 0.941. The first kappa shape index (κ1) is 14.0. The first-order valence-electron chi connectivity index (χ1n) is 8.88. The number of nitrogens with two attached hydrogens (primary N) is 1. The number of nitrogens with one attached hydrogen (secondary N) is 1. The third kappa shape index (κ3) is 2.61. The van der Waals surface area contributed by atoms with Gasteiger partial charge in [0, 0.05) is 19.6 Å². The molecule has 118 valence electrons. The van der Waals surface area contributed by atoms with Gasteiger partial charge in [0.2, 0.25) is 5.91 Å². The smallest absolute Gasteiger partial charge is 0.236 e. The van der Waals surface area contributed by atoms with Crippen molar-refractivity contribution < 1.29 is 4.79 Å². The van der Waals surface area contributed by atoms with Crippen LogP contribution in [0.15, 0.2) is 0 Å². The van der Waals surface area contributed by atoms with Gasteiger partial charge >= 0.3 is 0 Å². The Morgan fingerprint density at radius 2 is 1.76 bits per heavy atom. The lowest BCUT2D eigenvalue weighted by molar-refractivity contribution is -0.124. The number of nitrogens with zero attached hydrogens (tertiary/aromatic N) is 1. The van der Waals surface area contributed by atoms with Crippen LogP contribution >= 0.6 is 0 Å². The summed E-state index contributed by atoms with van der Waals surface area (Å²) in [6, 6.07) is -0.0901. The highest BCUT2D eigenvalue weighted by Gasteiger charge is 2.50. The molecule has 1 aliphatic heterocycles. The Kier molecular flexibility index (Phi) is 3.49. The van der Waals surface area contributed by atoms with Crippen LogP contribution in [0, 0.1) is 23.2 Å². The van der Waals surface area contributed by atoms with E-state index in [-0.39, 0.29) is 11.9 Å². The maximum absolute atomic E-state index is 11.6. The summed E-state index contributed by atoms with van der Waals surface area (Å²) in [4.78, 5) is 14.0. The number of piperazine rings is 1. The van der Waals surface area contributed by atoms with Crippen LogP contribution in [-0.4, -0.2) is 43.0 Å². The fourth-order valence-corrected chi connectivity index (χ4v) is 6.27. The molecule has 3 N–H and O–H groups in total. The number of primary amides is 1. The number of carbonyl (C=O) groups excluding carboxylic acids is 1. The summed E-state index contributed by atoms with van der Waals surface area (Å²) in [6.07, 6.45) is 10.2. The predicted octanol–water partition coefficient (Wildman–Crippen LogP) is 1.35. The second kappa shape index (κ2) is 5.24. The number of carbonyl (C=O) groups is 1. The monoisotopic (exact) mass is 291 g/mol. The van der Waals surface area contributed by atoms with Crippen molar-refractivity contribution in [2.24, 2.45) is 28.9 Å². The maximum atomic E-state index is 11.6. The normalized spacial score (nSPS) is 45.9. The molecule has 4 heteroatoms. The van der Waals surface area contributed by atoms with Crippen molar-refractivity contribution in [1.82, 2.24) is 10.2 Å². The molecule has 5 aliphatic rings. The zero-order valence-corrected chi connectivity index (χ0v) is 13.0. The molecule has 0 aromatic carbocycles. The highest BCUT2D eigenvalue weighted by Crippen LogP contribution is 2.61. The van der Waals surface area contributed by atoms with Gasteiger partial charge in [-0.2, -0.15) is 0 Å². The molecule has 5 rings (SSSR count). The molecular weight excluding hydrogens is 262 g/mol. The summed E-state index contributed by atoms with van der Waals surface area (Å²) in [5.41, 5.74) is 6.19. The molecule has 1 atom stereocenters. The second-order valence-corrected chi connectivity index (χ2v) is 8.33. The van der Waals surface area contributed by atoms with E-state index in [1.807, 2.05) is 0 Å². The third-order valence-electron chi connectivity index (χ3n) is 6.78. The highest BCUT2D eigenvalue weighted by molar-refractivity contribution is 5.80. The topological polar surface area (TPSA) is 58.4 Å². The molecule has 1 saturated heterocycles. The van der Waals surface area contributed by atoms with Crippen molar-refractivity contribution in [2.75, 3.05) is 26.2 Å². The molecule has 21 heavy (non-hydrogen) atoms. The SMILES string of the molecule is NC(=O)C1CNCCN1CCC12CC3CC(CC(C3)C1)C2. The van der Waals surface area contributed by atoms with E-state index in [0.29, 0.717) is 5.41 Å². The predicted molar refractivity (Wildman–Crippen MR) is 82.6 cm³/mol. The molecule has 4 nitrogen and oxygen atoms in total. The second-order valence-electron chi connectivity index (χ2n) is 8.33. The molecule has 1 heterocycles. The molecule has 0 aromatic heterocycles. The van der Waals surface area contributed by atoms with Crippen molar-refractivity contribution in [3.8, 4) is 0 Å². The fourth-order valence-electron chi connectivity index (χ4n) is 6.27. The van der Waals surface area contributed by atoms with E-state index in [2.05, 4.69) is 10.2 Å². The van der Waals surface area contributed by atoms with E-state index >= 15 is 0 Å². The van der Waals surface area contributed by atoms with Crippen LogP contribution in [0.5, 0.6) is 0 Å². The summed E-state index contributed by atoms with van der Waals surface area (Å²) in [5.74, 6) is 2.90. The zero-order chi connectivity index (χ0) is 14.4. The quantitative estimate of drug-likeness (QED) is 0.822. The van der Waals surface area contributed by atoms with E-state index < -0.39 is 0 Å². The average molecular weight is 291 g/mol. The minimum atomic E-state index is -0.160. The van der Waals surface area contributed by atoms with Crippen LogP contribution in [0.4, 0.5) is 0 Å². The number of hydrogen-bond donors (Lipinski definition) is 2. The number of amides is 1. The van der Waals surface area contributed by atoms with Gasteiger partial charge in [-0.15, -0.1) is 0 Å². The van der Waals surface area contributed by atoms with Gasteiger partial charge in [0.05, 0.1) is 0 Å². The van der Waals surface area contributed by atoms with Gasteiger partial charge in [-0.25, -0.2) is 0 Å². The summed E-state index contributed by atoms with van der Waals surface area (Å²) in [7, 11) is 0. The third-order valence-corrected chi connectivity index (χ3v) is 6.78. The molecule has 0 spiro atoms. The van der Waals surface area contributed by atoms with Gasteiger partial charge < -0.3 is 11.1 Å². The number of rotatable bonds is 4. The Labute approximate surface area is 127 Å². The standard InChI is InChI=1S/C17H29N3O/c18-16(21)15-11-19-2-4-20(15)3-1-17-8-12-5-13(9-17)7-14(6-12)10-17/h12-15,19H,1-11H2,(H2,18,21). The summed E-state index contributed by atoms with van der Waals surface area (Å²) in [6.45, 7) is 3.77. The van der Waals surface area contributed by atoms with E-state index in [1.165, 1.54) is 44.9 Å². The Balaban J connectivity index is 1.41. The van der Waals surface area contributed by atoms with Gasteiger partial charge in [0.1, 0.15) is 6.04 Å². The molecule has 1 amide bonds. The van der Waals surface area contributed by atoms with Crippen molar-refractivity contribution in [1.29, 1.82) is 0 Å². The molecule has 5 fully saturated rings. The minimum absolute atomic E-state index is 0.0901. The molecule has 4 aliphatic carbocycles. The van der Waals surface area contributed by atoms with E-state index in [0.717, 1.165) is 43.9 Å². The molecule has 0 aromatic rings. The summed E-state index contributed by atoms with van der Waals surface area (Å²) >= 11 is 0. The molecule has 4 bridgehead atoms. The van der Waals surface area contributed by atoms with Crippen LogP contribution in [0.25, 0.3) is 0 Å². The Bertz CT molecular complexity index is 387. The Morgan fingerprint density at radius 1 is 1.14 bits per heavy atom. The first-order chi connectivity index (χ1) is 10.1. The van der Waals surface area contributed by atoms with Crippen LogP contribution in [0.1, 0.15) is 44.9 Å². The van der Waals surface area contributed by atoms with E-state index in [4.69, 9.17) is 5.73 Å². The van der Waals surface area contributed by atoms with Crippen molar-refractivity contribution >= 4 is 5.91 Å². The van der Waals surface area contributed by atoms with Gasteiger partial charge in [0.15, 0.2) is 0 Å². The van der Waals surface area contributed by atoms with Crippen LogP contribution in [0.3, 0.4) is 0 Å². The maximum Gasteiger partial charge on any atom is 0.236 e. The van der Waals surface area contributed by atoms with Crippen molar-refractivity contribution in [3.05, 3.63) is 0 Å². The van der Waals surface area contributed by atoms with Crippen molar-refractivity contribution in [3.63, 3.8) is 0 Å². The highest BCUT2D eigenvalue weighted by atomic mass is 16.1. The van der Waals surface area contributed by atoms with Gasteiger partial charge in [-0.3, -0.25) is 9.69 Å². The van der Waals surface area contributed by atoms with Gasteiger partial charge in [-0.1, -0.05) is 0 Å². The van der Waals surface area contributed by atoms with E-state index in [1.54, 1.807) is 0 Å². The summed E-state index contributed by atoms with van der Waals surface area (Å²) < 4.78 is 0. The first-order valence-corrected chi connectivity index (χ1v) is 8.88. The molecule has 4 saturated carbocycles. The number of hydrogen-bond acceptors (Lipinski definition) is 3. The van der Waals surface area contributed by atoms with Gasteiger partial charge in [0.25, 0.3) is 0 Å². The zero-order valence-electron chi connectivity index (χ0n) is 13.0. The summed E-state index contributed by atoms with van der Waals surface area (Å²) in [5, 5.41) is 3.30. The minimum Gasteiger partial charge on any atom is -0.368 e. The van der Waals surface area contributed by atoms with Crippen LogP contribution < -0.4 is 11.1 Å². The lowest BCUT2D eigenvalue weighted by atomic mass is 9.49. The van der Waals surface area contributed by atoms with Gasteiger partial charge in [-0.05, 0) is 74.7 Å². The van der Waals surface area contributed by atoms with Crippen molar-refractivity contribution in [2.45, 2.75) is 51.0 Å². The Hall–Kier alpha value is -0.610. The Morgan fingerprint density at radius 3 is 2.33 bits per heavy atom. The molecular formula is C17H29N3O. The average Bonchev–Trinajstić information content (AvgIpc) is 2.44. The molecule has 1 unspecified atom stereocenters. The van der Waals surface area contributed by atoms with Crippen LogP contribution in [0.2, 0.25) is 0 Å². The molecule has 0 radical (unpaired) electrons. The van der Waals surface area contributed by atoms with E-state index in [9.17, 15) is 4.79 Å². The lowest BCUT2D eigenvalue weighted by Gasteiger charge is -2.57.